The molecule has 2 aromatic heterocycles. The summed E-state index contributed by atoms with van der Waals surface area (Å²) in [7, 11) is 0. The van der Waals surface area contributed by atoms with Gasteiger partial charge in [-0.05, 0) is 98.0 Å². The zero-order chi connectivity index (χ0) is 43.6. The Labute approximate surface area is 349 Å². The molecular formula is C53H53F5N2. The first-order valence-corrected chi connectivity index (χ1v) is 20.6. The normalized spacial score (nSPS) is 13.4. The van der Waals surface area contributed by atoms with Gasteiger partial charge in [0, 0.05) is 33.2 Å². The van der Waals surface area contributed by atoms with Crippen LogP contribution in [-0.2, 0) is 27.8 Å². The van der Waals surface area contributed by atoms with Crippen LogP contribution in [0.25, 0.3) is 66.1 Å². The second-order valence-corrected chi connectivity index (χ2v) is 20.6. The lowest BCUT2D eigenvalue weighted by atomic mass is 9.86. The monoisotopic (exact) mass is 812 g/mol. The van der Waals surface area contributed by atoms with Crippen molar-refractivity contribution in [2.75, 3.05) is 0 Å². The van der Waals surface area contributed by atoms with E-state index in [0.29, 0.717) is 22.1 Å². The average Bonchev–Trinajstić information content (AvgIpc) is 3.63. The van der Waals surface area contributed by atoms with Crippen LogP contribution in [-0.4, -0.2) is 9.13 Å². The molecule has 60 heavy (non-hydrogen) atoms. The van der Waals surface area contributed by atoms with Gasteiger partial charge in [0.2, 0.25) is 0 Å². The Morgan fingerprint density at radius 1 is 0.367 bits per heavy atom. The minimum atomic E-state index is -4.84. The molecule has 0 spiro atoms. The van der Waals surface area contributed by atoms with Crippen LogP contribution in [0, 0.1) is 11.6 Å². The third-order valence-electron chi connectivity index (χ3n) is 12.1. The summed E-state index contributed by atoms with van der Waals surface area (Å²) in [6.07, 6.45) is -4.84. The number of halogens is 5. The molecule has 0 aliphatic carbocycles. The Hall–Kier alpha value is -5.43. The van der Waals surface area contributed by atoms with Crippen molar-refractivity contribution in [3.8, 4) is 22.5 Å². The number of nitrogens with zero attached hydrogens (tertiary/aromatic N) is 2. The van der Waals surface area contributed by atoms with Crippen LogP contribution in [0.3, 0.4) is 0 Å². The molecule has 0 radical (unpaired) electrons. The Kier molecular flexibility index (Phi) is 9.32. The van der Waals surface area contributed by atoms with E-state index >= 15 is 22.0 Å². The van der Waals surface area contributed by atoms with Crippen molar-refractivity contribution in [2.24, 2.45) is 0 Å². The molecule has 8 aromatic rings. The summed E-state index contributed by atoms with van der Waals surface area (Å²) in [5.41, 5.74) is 4.91. The predicted octanol–water partition coefficient (Wildman–Crippen LogP) is 16.0. The molecule has 0 saturated carbocycles. The van der Waals surface area contributed by atoms with Gasteiger partial charge in [-0.1, -0.05) is 132 Å². The van der Waals surface area contributed by atoms with Gasteiger partial charge in [-0.2, -0.15) is 13.2 Å². The molecule has 2 heterocycles. The van der Waals surface area contributed by atoms with Crippen LogP contribution in [0.5, 0.6) is 0 Å². The molecule has 2 nitrogen and oxygen atoms in total. The van der Waals surface area contributed by atoms with Gasteiger partial charge in [-0.15, -0.1) is 0 Å². The fourth-order valence-corrected chi connectivity index (χ4v) is 8.54. The molecule has 8 rings (SSSR count). The fourth-order valence-electron chi connectivity index (χ4n) is 8.54. The van der Waals surface area contributed by atoms with Crippen LogP contribution in [0.15, 0.2) is 103 Å². The molecule has 7 heteroatoms. The maximum atomic E-state index is 16.2. The molecule has 0 bridgehead atoms. The zero-order valence-electron chi connectivity index (χ0n) is 36.6. The molecule has 0 aliphatic heterocycles. The second-order valence-electron chi connectivity index (χ2n) is 20.6. The fraction of sp³-hybridized carbons (Fsp3) is 0.321. The van der Waals surface area contributed by atoms with Crippen LogP contribution in [0.4, 0.5) is 22.0 Å². The first-order valence-electron chi connectivity index (χ1n) is 20.6. The highest BCUT2D eigenvalue weighted by molar-refractivity contribution is 6.11. The third kappa shape index (κ3) is 7.08. The zero-order valence-corrected chi connectivity index (χ0v) is 36.6. The van der Waals surface area contributed by atoms with E-state index in [1.807, 2.05) is 65.2 Å². The van der Waals surface area contributed by atoms with Gasteiger partial charge in [0.1, 0.15) is 11.6 Å². The Morgan fingerprint density at radius 2 is 0.683 bits per heavy atom. The van der Waals surface area contributed by atoms with E-state index in [1.54, 1.807) is 4.57 Å². The number of hydrogen-bond acceptors (Lipinski definition) is 0. The number of benzene rings is 6. The van der Waals surface area contributed by atoms with Gasteiger partial charge in [-0.25, -0.2) is 8.78 Å². The molecular weight excluding hydrogens is 760 g/mol. The van der Waals surface area contributed by atoms with Gasteiger partial charge >= 0.3 is 6.18 Å². The molecule has 0 N–H and O–H groups in total. The number of rotatable bonds is 3. The molecule has 310 valence electrons. The molecule has 0 fully saturated rings. The summed E-state index contributed by atoms with van der Waals surface area (Å²) in [6, 6.07) is 30.2. The molecule has 0 saturated heterocycles. The predicted molar refractivity (Wildman–Crippen MR) is 240 cm³/mol. The van der Waals surface area contributed by atoms with Crippen molar-refractivity contribution in [2.45, 2.75) is 111 Å². The van der Waals surface area contributed by atoms with E-state index in [0.717, 1.165) is 49.9 Å². The average molecular weight is 813 g/mol. The van der Waals surface area contributed by atoms with Crippen molar-refractivity contribution < 1.29 is 22.0 Å². The van der Waals surface area contributed by atoms with Crippen molar-refractivity contribution in [1.29, 1.82) is 0 Å². The van der Waals surface area contributed by atoms with Crippen LogP contribution in [0.2, 0.25) is 0 Å². The van der Waals surface area contributed by atoms with Crippen LogP contribution >= 0.6 is 0 Å². The molecule has 0 atom stereocenters. The molecule has 0 aliphatic rings. The topological polar surface area (TPSA) is 9.86 Å². The minimum Gasteiger partial charge on any atom is -0.309 e. The summed E-state index contributed by atoms with van der Waals surface area (Å²) in [4.78, 5) is 0. The smallest absolute Gasteiger partial charge is 0.309 e. The van der Waals surface area contributed by atoms with Crippen LogP contribution in [0.1, 0.15) is 111 Å². The first kappa shape index (κ1) is 41.3. The van der Waals surface area contributed by atoms with Gasteiger partial charge in [-0.3, -0.25) is 0 Å². The summed E-state index contributed by atoms with van der Waals surface area (Å²) < 4.78 is 82.9. The Bertz CT molecular complexity index is 2860. The number of hydrogen-bond donors (Lipinski definition) is 0. The lowest BCUT2D eigenvalue weighted by molar-refractivity contribution is -0.137. The molecule has 0 amide bonds. The second kappa shape index (κ2) is 13.5. The van der Waals surface area contributed by atoms with Crippen LogP contribution < -0.4 is 0 Å². The van der Waals surface area contributed by atoms with Gasteiger partial charge in [0.15, 0.2) is 0 Å². The Morgan fingerprint density at radius 3 is 0.983 bits per heavy atom. The summed E-state index contributed by atoms with van der Waals surface area (Å²) >= 11 is 0. The van der Waals surface area contributed by atoms with Gasteiger partial charge in [0.25, 0.3) is 0 Å². The van der Waals surface area contributed by atoms with Crippen molar-refractivity contribution in [1.82, 2.24) is 9.13 Å². The maximum absolute atomic E-state index is 16.2. The molecule has 0 unspecified atom stereocenters. The summed E-state index contributed by atoms with van der Waals surface area (Å²) in [6.45, 7) is 25.0. The largest absolute Gasteiger partial charge is 0.418 e. The number of fused-ring (bicyclic) bond motifs is 6. The summed E-state index contributed by atoms with van der Waals surface area (Å²) in [5, 5.41) is 3.33. The number of alkyl halides is 3. The maximum Gasteiger partial charge on any atom is 0.418 e. The Balaban J connectivity index is 1.61. The van der Waals surface area contributed by atoms with E-state index in [4.69, 9.17) is 0 Å². The quantitative estimate of drug-likeness (QED) is 0.157. The standard InChI is InChI=1S/C53H53F5N2/c1-49(2,3)31-13-17-37-38-18-14-32(50(4,5)6)24-44(38)59(43(37)23-31)47-29-42(53(56,57)58)48(28-41(47)30-21-35(54)27-36(55)22-30)60-45-25-33(51(7,8)9)15-19-39(45)40-20-16-34(26-46(40)60)52(10,11)12/h13-29H,1-12H3. The van der Waals surface area contributed by atoms with E-state index in [2.05, 4.69) is 95.2 Å². The SMILES string of the molecule is CC(C)(C)c1ccc2c3ccc(C(C)(C)C)cc3n(-c3cc(C(F)(F)F)c(-n4c5cc(C(C)(C)C)ccc5c5ccc(C(C)(C)C)cc54)cc3-c3cc(F)cc(F)c3)c2c1. The van der Waals surface area contributed by atoms with Crippen molar-refractivity contribution in [3.05, 3.63) is 143 Å². The third-order valence-corrected chi connectivity index (χ3v) is 12.1. The lowest BCUT2D eigenvalue weighted by Crippen LogP contribution is -2.15. The highest BCUT2D eigenvalue weighted by Gasteiger charge is 2.37. The minimum absolute atomic E-state index is 0.123. The van der Waals surface area contributed by atoms with Gasteiger partial charge < -0.3 is 9.13 Å². The number of aromatic nitrogens is 2. The highest BCUT2D eigenvalue weighted by Crippen LogP contribution is 2.47. The summed E-state index contributed by atoms with van der Waals surface area (Å²) in [5.74, 6) is -1.66. The van der Waals surface area contributed by atoms with E-state index in [-0.39, 0.29) is 44.2 Å². The van der Waals surface area contributed by atoms with Crippen molar-refractivity contribution >= 4 is 43.6 Å². The molecule has 6 aromatic carbocycles. The van der Waals surface area contributed by atoms with Crippen molar-refractivity contribution in [3.63, 3.8) is 0 Å². The van der Waals surface area contributed by atoms with E-state index in [1.165, 1.54) is 24.3 Å². The first-order chi connectivity index (χ1) is 27.7. The van der Waals surface area contributed by atoms with Gasteiger partial charge in [0.05, 0.1) is 39.0 Å². The van der Waals surface area contributed by atoms with E-state index in [9.17, 15) is 0 Å². The van der Waals surface area contributed by atoms with E-state index < -0.39 is 23.4 Å². The lowest BCUT2D eigenvalue weighted by Gasteiger charge is -2.24. The highest BCUT2D eigenvalue weighted by atomic mass is 19.4.